The van der Waals surface area contributed by atoms with Gasteiger partial charge in [-0.3, -0.25) is 4.79 Å². The summed E-state index contributed by atoms with van der Waals surface area (Å²) >= 11 is 12.1. The molecule has 0 aliphatic heterocycles. The Hall–Kier alpha value is -0.770. The molecule has 0 radical (unpaired) electrons. The molecule has 0 heterocycles. The molecule has 0 unspecified atom stereocenters. The first-order valence-corrected chi connectivity index (χ1v) is 8.16. The summed E-state index contributed by atoms with van der Waals surface area (Å²) in [6.07, 6.45) is 3.99. The van der Waals surface area contributed by atoms with Crippen LogP contribution in [0.25, 0.3) is 0 Å². The number of benzene rings is 1. The Kier molecular flexibility index (Phi) is 5.53. The summed E-state index contributed by atoms with van der Waals surface area (Å²) in [4.78, 5) is 12.4. The van der Waals surface area contributed by atoms with Gasteiger partial charge in [0, 0.05) is 27.6 Å². The van der Waals surface area contributed by atoms with Gasteiger partial charge in [-0.05, 0) is 31.4 Å². The third-order valence-electron chi connectivity index (χ3n) is 4.31. The fourth-order valence-corrected chi connectivity index (χ4v) is 3.63. The third-order valence-corrected chi connectivity index (χ3v) is 4.97. The predicted octanol–water partition coefficient (Wildman–Crippen LogP) is 4.11. The van der Waals surface area contributed by atoms with Crippen molar-refractivity contribution in [3.05, 3.63) is 33.8 Å². The molecule has 21 heavy (non-hydrogen) atoms. The van der Waals surface area contributed by atoms with Crippen LogP contribution in [0.1, 0.15) is 50.7 Å². The van der Waals surface area contributed by atoms with Crippen LogP contribution in [0.2, 0.25) is 10.0 Å². The van der Waals surface area contributed by atoms with Gasteiger partial charge in [0.1, 0.15) is 0 Å². The SMILES string of the molecule is CCCC1(C(=O)NC[C@H](O)c2c(Cl)cccc2Cl)CCC1. The van der Waals surface area contributed by atoms with Gasteiger partial charge in [0.15, 0.2) is 0 Å². The molecular weight excluding hydrogens is 309 g/mol. The summed E-state index contributed by atoms with van der Waals surface area (Å²) in [5.74, 6) is 0.0397. The number of aliphatic hydroxyl groups excluding tert-OH is 1. The van der Waals surface area contributed by atoms with E-state index in [2.05, 4.69) is 12.2 Å². The molecule has 0 saturated heterocycles. The second-order valence-corrected chi connectivity index (χ2v) is 6.56. The van der Waals surface area contributed by atoms with Crippen LogP contribution in [0.15, 0.2) is 18.2 Å². The first kappa shape index (κ1) is 16.6. The Balaban J connectivity index is 1.98. The smallest absolute Gasteiger partial charge is 0.226 e. The van der Waals surface area contributed by atoms with E-state index in [1.807, 2.05) is 0 Å². The predicted molar refractivity (Wildman–Crippen MR) is 85.6 cm³/mol. The molecule has 5 heteroatoms. The largest absolute Gasteiger partial charge is 0.386 e. The maximum Gasteiger partial charge on any atom is 0.226 e. The lowest BCUT2D eigenvalue weighted by Gasteiger charge is -2.40. The lowest BCUT2D eigenvalue weighted by atomic mass is 9.65. The number of amides is 1. The van der Waals surface area contributed by atoms with Gasteiger partial charge in [-0.15, -0.1) is 0 Å². The van der Waals surface area contributed by atoms with E-state index in [0.29, 0.717) is 15.6 Å². The Labute approximate surface area is 135 Å². The molecule has 1 aromatic rings. The Bertz CT molecular complexity index is 495. The van der Waals surface area contributed by atoms with Crippen molar-refractivity contribution in [2.24, 2.45) is 5.41 Å². The molecule has 3 nitrogen and oxygen atoms in total. The van der Waals surface area contributed by atoms with Crippen LogP contribution in [-0.4, -0.2) is 17.6 Å². The van der Waals surface area contributed by atoms with E-state index < -0.39 is 6.10 Å². The van der Waals surface area contributed by atoms with Crippen LogP contribution in [0.5, 0.6) is 0 Å². The van der Waals surface area contributed by atoms with Crippen molar-refractivity contribution in [2.75, 3.05) is 6.54 Å². The topological polar surface area (TPSA) is 49.3 Å². The van der Waals surface area contributed by atoms with E-state index in [0.717, 1.165) is 32.1 Å². The zero-order chi connectivity index (χ0) is 15.5. The minimum absolute atomic E-state index is 0.0397. The third kappa shape index (κ3) is 3.53. The molecule has 1 aliphatic carbocycles. The Morgan fingerprint density at radius 2 is 2.00 bits per heavy atom. The van der Waals surface area contributed by atoms with Crippen molar-refractivity contribution in [1.29, 1.82) is 0 Å². The molecule has 1 amide bonds. The summed E-state index contributed by atoms with van der Waals surface area (Å²) in [6.45, 7) is 2.22. The van der Waals surface area contributed by atoms with Crippen molar-refractivity contribution >= 4 is 29.1 Å². The number of rotatable bonds is 6. The highest BCUT2D eigenvalue weighted by molar-refractivity contribution is 6.36. The van der Waals surface area contributed by atoms with Crippen molar-refractivity contribution in [3.8, 4) is 0 Å². The van der Waals surface area contributed by atoms with Crippen molar-refractivity contribution in [3.63, 3.8) is 0 Å². The van der Waals surface area contributed by atoms with Gasteiger partial charge in [0.2, 0.25) is 5.91 Å². The molecule has 1 aliphatic rings. The molecule has 116 valence electrons. The Morgan fingerprint density at radius 1 is 1.38 bits per heavy atom. The fourth-order valence-electron chi connectivity index (χ4n) is 2.98. The standard InChI is InChI=1S/C16H21Cl2NO2/c1-2-7-16(8-4-9-16)15(21)19-10-13(20)14-11(17)5-3-6-12(14)18/h3,5-6,13,20H,2,4,7-10H2,1H3,(H,19,21)/t13-/m0/s1. The van der Waals surface area contributed by atoms with Gasteiger partial charge < -0.3 is 10.4 Å². The highest BCUT2D eigenvalue weighted by atomic mass is 35.5. The average molecular weight is 330 g/mol. The van der Waals surface area contributed by atoms with E-state index in [-0.39, 0.29) is 17.9 Å². The summed E-state index contributed by atoms with van der Waals surface area (Å²) in [5, 5.41) is 13.9. The minimum Gasteiger partial charge on any atom is -0.386 e. The van der Waals surface area contributed by atoms with E-state index in [4.69, 9.17) is 23.2 Å². The van der Waals surface area contributed by atoms with Gasteiger partial charge in [-0.1, -0.05) is 49.0 Å². The van der Waals surface area contributed by atoms with Gasteiger partial charge in [-0.25, -0.2) is 0 Å². The van der Waals surface area contributed by atoms with Crippen LogP contribution in [0.3, 0.4) is 0 Å². The lowest BCUT2D eigenvalue weighted by Crippen LogP contribution is -2.46. The maximum absolute atomic E-state index is 12.4. The van der Waals surface area contributed by atoms with Crippen molar-refractivity contribution < 1.29 is 9.90 Å². The van der Waals surface area contributed by atoms with Crippen LogP contribution < -0.4 is 5.32 Å². The molecule has 1 atom stereocenters. The van der Waals surface area contributed by atoms with Crippen molar-refractivity contribution in [2.45, 2.75) is 45.1 Å². The first-order chi connectivity index (χ1) is 10.00. The van der Waals surface area contributed by atoms with E-state index in [1.165, 1.54) is 0 Å². The average Bonchev–Trinajstić information content (AvgIpc) is 2.40. The highest BCUT2D eigenvalue weighted by Crippen LogP contribution is 2.45. The van der Waals surface area contributed by atoms with Gasteiger partial charge in [0.25, 0.3) is 0 Å². The Morgan fingerprint density at radius 3 is 2.48 bits per heavy atom. The highest BCUT2D eigenvalue weighted by Gasteiger charge is 2.42. The van der Waals surface area contributed by atoms with Crippen LogP contribution in [0.4, 0.5) is 0 Å². The van der Waals surface area contributed by atoms with Gasteiger partial charge in [0.05, 0.1) is 6.10 Å². The number of hydrogen-bond acceptors (Lipinski definition) is 2. The number of halogens is 2. The van der Waals surface area contributed by atoms with Crippen molar-refractivity contribution in [1.82, 2.24) is 5.32 Å². The molecule has 2 N–H and O–H groups in total. The number of aliphatic hydroxyl groups is 1. The monoisotopic (exact) mass is 329 g/mol. The molecule has 2 rings (SSSR count). The molecule has 1 aromatic carbocycles. The van der Waals surface area contributed by atoms with E-state index >= 15 is 0 Å². The normalized spacial score (nSPS) is 17.9. The molecule has 0 aromatic heterocycles. The molecule has 0 spiro atoms. The van der Waals surface area contributed by atoms with Gasteiger partial charge in [-0.2, -0.15) is 0 Å². The minimum atomic E-state index is -0.895. The first-order valence-electron chi connectivity index (χ1n) is 7.40. The summed E-state index contributed by atoms with van der Waals surface area (Å²) in [7, 11) is 0. The molecule has 0 bridgehead atoms. The number of nitrogens with one attached hydrogen (secondary N) is 1. The molecular formula is C16H21Cl2NO2. The summed E-state index contributed by atoms with van der Waals surface area (Å²) in [6, 6.07) is 5.08. The zero-order valence-corrected chi connectivity index (χ0v) is 13.7. The van der Waals surface area contributed by atoms with Crippen LogP contribution in [0, 0.1) is 5.41 Å². The lowest BCUT2D eigenvalue weighted by molar-refractivity contribution is -0.137. The van der Waals surface area contributed by atoms with Gasteiger partial charge >= 0.3 is 0 Å². The van der Waals surface area contributed by atoms with Crippen LogP contribution in [-0.2, 0) is 4.79 Å². The van der Waals surface area contributed by atoms with E-state index in [1.54, 1.807) is 18.2 Å². The number of carbonyl (C=O) groups is 1. The number of hydrogen-bond donors (Lipinski definition) is 2. The summed E-state index contributed by atoms with van der Waals surface area (Å²) in [5.41, 5.74) is 0.248. The zero-order valence-electron chi connectivity index (χ0n) is 12.2. The summed E-state index contributed by atoms with van der Waals surface area (Å²) < 4.78 is 0. The van der Waals surface area contributed by atoms with Crippen LogP contribution >= 0.6 is 23.2 Å². The second-order valence-electron chi connectivity index (χ2n) is 5.75. The fraction of sp³-hybridized carbons (Fsp3) is 0.562. The quantitative estimate of drug-likeness (QED) is 0.824. The second kappa shape index (κ2) is 6.99. The maximum atomic E-state index is 12.4. The van der Waals surface area contributed by atoms with E-state index in [9.17, 15) is 9.90 Å². The molecule has 1 fully saturated rings. The molecule has 1 saturated carbocycles. The number of carbonyl (C=O) groups excluding carboxylic acids is 1.